The Hall–Kier alpha value is -3.67. The maximum atomic E-state index is 12.9. The number of hydrogen-bond acceptors (Lipinski definition) is 6. The van der Waals surface area contributed by atoms with Gasteiger partial charge in [-0.25, -0.2) is 0 Å². The first kappa shape index (κ1) is 72.3. The molecule has 0 aromatic rings. The fourth-order valence-corrected chi connectivity index (χ4v) is 9.07. The number of ether oxygens (including phenoxy) is 3. The topological polar surface area (TPSA) is 78.9 Å². The van der Waals surface area contributed by atoms with Crippen LogP contribution in [0, 0.1) is 0 Å². The quantitative estimate of drug-likeness (QED) is 0.0261. The van der Waals surface area contributed by atoms with E-state index in [0.717, 1.165) is 135 Å². The molecule has 436 valence electrons. The van der Waals surface area contributed by atoms with Crippen LogP contribution in [0.25, 0.3) is 0 Å². The van der Waals surface area contributed by atoms with Gasteiger partial charge in [-0.2, -0.15) is 0 Å². The second kappa shape index (κ2) is 63.9. The van der Waals surface area contributed by atoms with Crippen LogP contribution in [0.3, 0.4) is 0 Å². The van der Waals surface area contributed by atoms with Crippen molar-refractivity contribution in [2.75, 3.05) is 13.2 Å². The minimum absolute atomic E-state index is 0.0873. The molecule has 0 amide bonds. The van der Waals surface area contributed by atoms with Crippen LogP contribution >= 0.6 is 0 Å². The molecule has 0 fully saturated rings. The molecule has 0 heterocycles. The van der Waals surface area contributed by atoms with Crippen molar-refractivity contribution < 1.29 is 28.6 Å². The minimum atomic E-state index is -0.790. The lowest BCUT2D eigenvalue weighted by Crippen LogP contribution is -2.30. The molecule has 0 radical (unpaired) electrons. The lowest BCUT2D eigenvalue weighted by molar-refractivity contribution is -0.167. The summed E-state index contributed by atoms with van der Waals surface area (Å²) >= 11 is 0. The van der Waals surface area contributed by atoms with Gasteiger partial charge in [0.2, 0.25) is 0 Å². The number of esters is 3. The van der Waals surface area contributed by atoms with Crippen LogP contribution in [0.15, 0.2) is 97.2 Å². The van der Waals surface area contributed by atoms with E-state index >= 15 is 0 Å². The summed E-state index contributed by atoms with van der Waals surface area (Å²) in [5.41, 5.74) is 0. The molecule has 76 heavy (non-hydrogen) atoms. The highest BCUT2D eigenvalue weighted by molar-refractivity contribution is 5.71. The molecule has 1 atom stereocenters. The average Bonchev–Trinajstić information content (AvgIpc) is 3.42. The van der Waals surface area contributed by atoms with Crippen molar-refractivity contribution in [1.29, 1.82) is 0 Å². The largest absolute Gasteiger partial charge is 0.462 e. The summed E-state index contributed by atoms with van der Waals surface area (Å²) in [6, 6.07) is 0. The van der Waals surface area contributed by atoms with Crippen molar-refractivity contribution in [1.82, 2.24) is 0 Å². The summed E-state index contributed by atoms with van der Waals surface area (Å²) in [5.74, 6) is -0.901. The van der Waals surface area contributed by atoms with Crippen LogP contribution in [0.2, 0.25) is 0 Å². The molecule has 0 spiro atoms. The zero-order valence-corrected chi connectivity index (χ0v) is 50.0. The van der Waals surface area contributed by atoms with Crippen LogP contribution in [0.5, 0.6) is 0 Å². The normalized spacial score (nSPS) is 12.7. The maximum Gasteiger partial charge on any atom is 0.306 e. The Morgan fingerprint density at radius 2 is 0.513 bits per heavy atom. The second-order valence-corrected chi connectivity index (χ2v) is 21.3. The van der Waals surface area contributed by atoms with Gasteiger partial charge in [0, 0.05) is 19.3 Å². The Labute approximate surface area is 470 Å². The Morgan fingerprint density at radius 3 is 0.803 bits per heavy atom. The third-order valence-corrected chi connectivity index (χ3v) is 13.8. The van der Waals surface area contributed by atoms with Crippen LogP contribution in [0.4, 0.5) is 0 Å². The van der Waals surface area contributed by atoms with Gasteiger partial charge in [0.25, 0.3) is 0 Å². The van der Waals surface area contributed by atoms with Gasteiger partial charge >= 0.3 is 17.9 Å². The molecule has 0 aromatic carbocycles. The van der Waals surface area contributed by atoms with E-state index in [-0.39, 0.29) is 31.1 Å². The van der Waals surface area contributed by atoms with E-state index in [1.54, 1.807) is 0 Å². The number of allylic oxidation sites excluding steroid dienone is 16. The highest BCUT2D eigenvalue weighted by Gasteiger charge is 2.19. The van der Waals surface area contributed by atoms with Gasteiger partial charge in [-0.15, -0.1) is 0 Å². The van der Waals surface area contributed by atoms with Crippen LogP contribution in [0.1, 0.15) is 310 Å². The summed E-state index contributed by atoms with van der Waals surface area (Å²) in [6.07, 6.45) is 85.5. The van der Waals surface area contributed by atoms with E-state index in [4.69, 9.17) is 14.2 Å². The molecule has 0 bridgehead atoms. The Kier molecular flexibility index (Phi) is 60.8. The monoisotopic (exact) mass is 1060 g/mol. The fourth-order valence-electron chi connectivity index (χ4n) is 9.07. The lowest BCUT2D eigenvalue weighted by atomic mass is 10.0. The van der Waals surface area contributed by atoms with Crippen LogP contribution in [-0.2, 0) is 28.6 Å². The molecule has 0 rings (SSSR count). The SMILES string of the molecule is CC/C=C\C/C=C\C/C=C\C/C=C\C/C=C\CCCCCCCCCC(=O)OCC(COC(=O)CCCCCCC/C=C\C/C=C\C/C=C\CC)OC(=O)CCCCCCCCCCCCCCCCCCCCCC. The molecule has 0 saturated carbocycles. The fraction of sp³-hybridized carbons (Fsp3) is 0.729. The number of carbonyl (C=O) groups excluding carboxylic acids is 3. The number of hydrogen-bond donors (Lipinski definition) is 0. The molecule has 0 N–H and O–H groups in total. The van der Waals surface area contributed by atoms with Crippen molar-refractivity contribution in [2.45, 2.75) is 316 Å². The third kappa shape index (κ3) is 61.2. The smallest absolute Gasteiger partial charge is 0.306 e. The predicted octanol–water partition coefficient (Wildman–Crippen LogP) is 22.0. The van der Waals surface area contributed by atoms with Gasteiger partial charge < -0.3 is 14.2 Å². The summed E-state index contributed by atoms with van der Waals surface area (Å²) in [6.45, 7) is 6.43. The summed E-state index contributed by atoms with van der Waals surface area (Å²) < 4.78 is 16.9. The third-order valence-electron chi connectivity index (χ3n) is 13.8. The van der Waals surface area contributed by atoms with Crippen LogP contribution in [-0.4, -0.2) is 37.2 Å². The van der Waals surface area contributed by atoms with E-state index in [2.05, 4.69) is 118 Å². The van der Waals surface area contributed by atoms with Gasteiger partial charge in [0.15, 0.2) is 6.10 Å². The molecular weight excluding hydrogens is 937 g/mol. The van der Waals surface area contributed by atoms with Crippen molar-refractivity contribution in [3.8, 4) is 0 Å². The Bertz CT molecular complexity index is 1490. The molecule has 0 saturated heterocycles. The van der Waals surface area contributed by atoms with E-state index < -0.39 is 6.10 Å². The predicted molar refractivity (Wildman–Crippen MR) is 330 cm³/mol. The number of rotatable bonds is 58. The zero-order valence-electron chi connectivity index (χ0n) is 50.0. The highest BCUT2D eigenvalue weighted by Crippen LogP contribution is 2.17. The lowest BCUT2D eigenvalue weighted by Gasteiger charge is -2.18. The van der Waals surface area contributed by atoms with E-state index in [0.29, 0.717) is 19.3 Å². The summed E-state index contributed by atoms with van der Waals surface area (Å²) in [5, 5.41) is 0. The number of carbonyl (C=O) groups is 3. The van der Waals surface area contributed by atoms with Gasteiger partial charge in [0.1, 0.15) is 13.2 Å². The van der Waals surface area contributed by atoms with Gasteiger partial charge in [-0.05, 0) is 96.3 Å². The van der Waals surface area contributed by atoms with Crippen molar-refractivity contribution >= 4 is 17.9 Å². The van der Waals surface area contributed by atoms with Gasteiger partial charge in [0.05, 0.1) is 0 Å². The molecule has 0 aliphatic heterocycles. The highest BCUT2D eigenvalue weighted by atomic mass is 16.6. The molecule has 0 aromatic heterocycles. The van der Waals surface area contributed by atoms with E-state index in [1.807, 2.05) is 0 Å². The molecule has 0 aliphatic rings. The molecule has 6 heteroatoms. The molecule has 1 unspecified atom stereocenters. The van der Waals surface area contributed by atoms with Crippen LogP contribution < -0.4 is 0 Å². The molecular formula is C70H120O6. The maximum absolute atomic E-state index is 12.9. The first-order valence-corrected chi connectivity index (χ1v) is 32.2. The summed E-state index contributed by atoms with van der Waals surface area (Å²) in [4.78, 5) is 38.3. The molecule has 6 nitrogen and oxygen atoms in total. The zero-order chi connectivity index (χ0) is 55.0. The first-order chi connectivity index (χ1) is 37.5. The van der Waals surface area contributed by atoms with E-state index in [1.165, 1.54) is 135 Å². The molecule has 0 aliphatic carbocycles. The minimum Gasteiger partial charge on any atom is -0.462 e. The first-order valence-electron chi connectivity index (χ1n) is 32.2. The number of unbranched alkanes of at least 4 members (excludes halogenated alkanes) is 31. The Balaban J connectivity index is 4.38. The Morgan fingerprint density at radius 1 is 0.276 bits per heavy atom. The van der Waals surface area contributed by atoms with E-state index in [9.17, 15) is 14.4 Å². The van der Waals surface area contributed by atoms with Crippen molar-refractivity contribution in [2.24, 2.45) is 0 Å². The van der Waals surface area contributed by atoms with Crippen molar-refractivity contribution in [3.05, 3.63) is 97.2 Å². The average molecular weight is 1060 g/mol. The standard InChI is InChI=1S/C70H120O6/c1-4-7-10-13-16-19-22-25-28-30-32-34-35-36-38-39-42-45-48-51-54-57-60-63-69(72)75-66-67(65-74-68(71)62-59-56-53-50-47-44-41-27-24-21-18-15-12-9-6-3)76-70(73)64-61-58-55-52-49-46-43-40-37-33-31-29-26-23-20-17-14-11-8-5-2/h7,9-10,12,16,18-19,21,25,27-28,32,34,36,38,41,67H,4-6,8,11,13-15,17,20,22-24,26,29-31,33,35,37,39-40,42-66H2,1-3H3/b10-7-,12-9-,19-16-,21-18-,28-25-,34-32-,38-36-,41-27-. The second-order valence-electron chi connectivity index (χ2n) is 21.3. The van der Waals surface area contributed by atoms with Gasteiger partial charge in [-0.1, -0.05) is 291 Å². The summed E-state index contributed by atoms with van der Waals surface area (Å²) in [7, 11) is 0. The van der Waals surface area contributed by atoms with Crippen molar-refractivity contribution in [3.63, 3.8) is 0 Å². The van der Waals surface area contributed by atoms with Gasteiger partial charge in [-0.3, -0.25) is 14.4 Å².